The number of aliphatic carboxylic acids is 1. The van der Waals surface area contributed by atoms with Crippen LogP contribution in [-0.2, 0) is 4.79 Å². The molecule has 1 fully saturated rings. The van der Waals surface area contributed by atoms with Crippen molar-refractivity contribution in [3.63, 3.8) is 0 Å². The molecule has 0 amide bonds. The Morgan fingerprint density at radius 3 is 2.05 bits per heavy atom. The van der Waals surface area contributed by atoms with Crippen molar-refractivity contribution in [2.75, 3.05) is 13.1 Å². The summed E-state index contributed by atoms with van der Waals surface area (Å²) in [6.45, 7) is 3.82. The number of unbranched alkanes of at least 4 members (excludes halogenated alkanes) is 9. The summed E-state index contributed by atoms with van der Waals surface area (Å²) in [4.78, 5) is 11.1. The fourth-order valence-electron chi connectivity index (χ4n) is 3.22. The molecular weight excluding hydrogens is 250 g/mol. The van der Waals surface area contributed by atoms with Crippen LogP contribution >= 0.6 is 0 Å². The van der Waals surface area contributed by atoms with Gasteiger partial charge in [-0.2, -0.15) is 0 Å². The molecule has 0 spiro atoms. The van der Waals surface area contributed by atoms with Crippen LogP contribution in [0.3, 0.4) is 0 Å². The number of carbonyl (C=O) groups is 1. The molecule has 3 heteroatoms. The van der Waals surface area contributed by atoms with Gasteiger partial charge in [-0.15, -0.1) is 0 Å². The number of rotatable bonds is 12. The molecule has 1 heterocycles. The zero-order valence-corrected chi connectivity index (χ0v) is 13.2. The van der Waals surface area contributed by atoms with Crippen molar-refractivity contribution in [1.82, 2.24) is 5.32 Å². The highest BCUT2D eigenvalue weighted by molar-refractivity contribution is 5.71. The number of carboxylic acids is 1. The van der Waals surface area contributed by atoms with Crippen LogP contribution < -0.4 is 5.32 Å². The average Bonchev–Trinajstić information content (AvgIpc) is 2.89. The maximum absolute atomic E-state index is 11.1. The van der Waals surface area contributed by atoms with Crippen molar-refractivity contribution in [3.05, 3.63) is 0 Å². The molecule has 0 aromatic carbocycles. The van der Waals surface area contributed by atoms with E-state index in [1.807, 2.05) is 0 Å². The quantitative estimate of drug-likeness (QED) is 0.527. The van der Waals surface area contributed by atoms with Gasteiger partial charge in [0.05, 0.1) is 5.92 Å². The molecule has 1 aliphatic rings. The number of carboxylic acid groups (broad SMARTS) is 1. The minimum absolute atomic E-state index is 0.145. The van der Waals surface area contributed by atoms with E-state index in [0.29, 0.717) is 12.5 Å². The van der Waals surface area contributed by atoms with Gasteiger partial charge >= 0.3 is 5.97 Å². The first-order valence-corrected chi connectivity index (χ1v) is 8.69. The largest absolute Gasteiger partial charge is 0.481 e. The van der Waals surface area contributed by atoms with Crippen molar-refractivity contribution in [2.24, 2.45) is 11.8 Å². The average molecular weight is 283 g/mol. The molecule has 2 atom stereocenters. The molecule has 0 bridgehead atoms. The summed E-state index contributed by atoms with van der Waals surface area (Å²) in [5, 5.41) is 12.3. The molecule has 0 saturated carbocycles. The maximum Gasteiger partial charge on any atom is 0.308 e. The summed E-state index contributed by atoms with van der Waals surface area (Å²) in [6.07, 6.45) is 14.5. The smallest absolute Gasteiger partial charge is 0.308 e. The van der Waals surface area contributed by atoms with Gasteiger partial charge < -0.3 is 10.4 Å². The van der Waals surface area contributed by atoms with Crippen LogP contribution in [-0.4, -0.2) is 24.2 Å². The normalized spacial score (nSPS) is 22.2. The summed E-state index contributed by atoms with van der Waals surface area (Å²) >= 11 is 0. The van der Waals surface area contributed by atoms with E-state index in [9.17, 15) is 4.79 Å². The van der Waals surface area contributed by atoms with Gasteiger partial charge in [-0.3, -0.25) is 4.79 Å². The Balaban J connectivity index is 1.88. The second kappa shape index (κ2) is 11.1. The second-order valence-electron chi connectivity index (χ2n) is 6.33. The lowest BCUT2D eigenvalue weighted by molar-refractivity contribution is -0.142. The first-order valence-electron chi connectivity index (χ1n) is 8.69. The van der Waals surface area contributed by atoms with E-state index in [-0.39, 0.29) is 5.92 Å². The van der Waals surface area contributed by atoms with Crippen LogP contribution in [0.2, 0.25) is 0 Å². The molecule has 0 aliphatic carbocycles. The Bertz CT molecular complexity index is 255. The van der Waals surface area contributed by atoms with Gasteiger partial charge in [0.25, 0.3) is 0 Å². The monoisotopic (exact) mass is 283 g/mol. The highest BCUT2D eigenvalue weighted by atomic mass is 16.4. The molecule has 2 unspecified atom stereocenters. The van der Waals surface area contributed by atoms with E-state index in [0.717, 1.165) is 13.0 Å². The van der Waals surface area contributed by atoms with Crippen LogP contribution in [0.4, 0.5) is 0 Å². The SMILES string of the molecule is CCCCCCCCCCCCC1CNCC1C(=O)O. The predicted octanol–water partition coefficient (Wildman–Crippen LogP) is 4.22. The summed E-state index contributed by atoms with van der Waals surface area (Å²) < 4.78 is 0. The molecule has 2 N–H and O–H groups in total. The van der Waals surface area contributed by atoms with Gasteiger partial charge in [0.15, 0.2) is 0 Å². The van der Waals surface area contributed by atoms with Gasteiger partial charge in [-0.1, -0.05) is 71.1 Å². The third-order valence-electron chi connectivity index (χ3n) is 4.59. The summed E-state index contributed by atoms with van der Waals surface area (Å²) in [7, 11) is 0. The Morgan fingerprint density at radius 1 is 0.950 bits per heavy atom. The number of hydrogen-bond donors (Lipinski definition) is 2. The van der Waals surface area contributed by atoms with E-state index < -0.39 is 5.97 Å². The van der Waals surface area contributed by atoms with Crippen molar-refractivity contribution >= 4 is 5.97 Å². The van der Waals surface area contributed by atoms with E-state index in [2.05, 4.69) is 12.2 Å². The molecule has 3 nitrogen and oxygen atoms in total. The fraction of sp³-hybridized carbons (Fsp3) is 0.941. The molecule has 1 rings (SSSR count). The van der Waals surface area contributed by atoms with Gasteiger partial charge in [0.2, 0.25) is 0 Å². The van der Waals surface area contributed by atoms with Gasteiger partial charge in [-0.05, 0) is 18.9 Å². The van der Waals surface area contributed by atoms with Crippen molar-refractivity contribution in [3.8, 4) is 0 Å². The van der Waals surface area contributed by atoms with Gasteiger partial charge in [-0.25, -0.2) is 0 Å². The van der Waals surface area contributed by atoms with Crippen molar-refractivity contribution < 1.29 is 9.90 Å². The van der Waals surface area contributed by atoms with Gasteiger partial charge in [0, 0.05) is 6.54 Å². The summed E-state index contributed by atoms with van der Waals surface area (Å²) in [6, 6.07) is 0. The molecule has 0 aromatic heterocycles. The van der Waals surface area contributed by atoms with E-state index in [1.165, 1.54) is 64.2 Å². The molecule has 0 aromatic rings. The van der Waals surface area contributed by atoms with E-state index >= 15 is 0 Å². The fourth-order valence-corrected chi connectivity index (χ4v) is 3.22. The first-order chi connectivity index (χ1) is 9.75. The standard InChI is InChI=1S/C17H33NO2/c1-2-3-4-5-6-7-8-9-10-11-12-15-13-18-14-16(15)17(19)20/h15-16,18H,2-14H2,1H3,(H,19,20). The third kappa shape index (κ3) is 7.28. The van der Waals surface area contributed by atoms with Crippen molar-refractivity contribution in [1.29, 1.82) is 0 Å². The first kappa shape index (κ1) is 17.5. The lowest BCUT2D eigenvalue weighted by Crippen LogP contribution is -2.22. The number of nitrogens with one attached hydrogen (secondary N) is 1. The highest BCUT2D eigenvalue weighted by Crippen LogP contribution is 2.23. The van der Waals surface area contributed by atoms with E-state index in [4.69, 9.17) is 5.11 Å². The lowest BCUT2D eigenvalue weighted by Gasteiger charge is -2.13. The van der Waals surface area contributed by atoms with Crippen molar-refractivity contribution in [2.45, 2.75) is 77.6 Å². The van der Waals surface area contributed by atoms with E-state index in [1.54, 1.807) is 0 Å². The van der Waals surface area contributed by atoms with Crippen LogP contribution in [0.15, 0.2) is 0 Å². The molecule has 0 radical (unpaired) electrons. The van der Waals surface area contributed by atoms with Crippen LogP contribution in [0.5, 0.6) is 0 Å². The van der Waals surface area contributed by atoms with Crippen LogP contribution in [0.1, 0.15) is 77.6 Å². The molecular formula is C17H33NO2. The number of hydrogen-bond acceptors (Lipinski definition) is 2. The lowest BCUT2D eigenvalue weighted by atomic mass is 9.90. The second-order valence-corrected chi connectivity index (χ2v) is 6.33. The molecule has 20 heavy (non-hydrogen) atoms. The maximum atomic E-state index is 11.1. The van der Waals surface area contributed by atoms with Crippen LogP contribution in [0.25, 0.3) is 0 Å². The Kier molecular flexibility index (Phi) is 9.73. The minimum atomic E-state index is -0.618. The van der Waals surface area contributed by atoms with Gasteiger partial charge in [0.1, 0.15) is 0 Å². The Labute approximate surface area is 124 Å². The highest BCUT2D eigenvalue weighted by Gasteiger charge is 2.31. The summed E-state index contributed by atoms with van der Waals surface area (Å²) in [5.41, 5.74) is 0. The minimum Gasteiger partial charge on any atom is -0.481 e. The summed E-state index contributed by atoms with van der Waals surface area (Å²) in [5.74, 6) is -0.401. The Morgan fingerprint density at radius 2 is 1.50 bits per heavy atom. The predicted molar refractivity (Wildman–Crippen MR) is 83.9 cm³/mol. The molecule has 1 saturated heterocycles. The molecule has 118 valence electrons. The Hall–Kier alpha value is -0.570. The topological polar surface area (TPSA) is 49.3 Å². The van der Waals surface area contributed by atoms with Crippen LogP contribution in [0, 0.1) is 11.8 Å². The molecule has 1 aliphatic heterocycles. The third-order valence-corrected chi connectivity index (χ3v) is 4.59. The zero-order chi connectivity index (χ0) is 14.6. The zero-order valence-electron chi connectivity index (χ0n) is 13.2.